The Morgan fingerprint density at radius 1 is 0.850 bits per heavy atom. The second kappa shape index (κ2) is 4.29. The zero-order valence-electron chi connectivity index (χ0n) is 10.7. The molecule has 96 valence electrons. The van der Waals surface area contributed by atoms with Crippen LogP contribution in [0.2, 0.25) is 0 Å². The molecule has 4 rings (SSSR count). The van der Waals surface area contributed by atoms with Gasteiger partial charge in [0.15, 0.2) is 0 Å². The highest BCUT2D eigenvalue weighted by molar-refractivity contribution is 6.23. The second-order valence-electron chi connectivity index (χ2n) is 4.66. The van der Waals surface area contributed by atoms with Gasteiger partial charge in [-0.25, -0.2) is 0 Å². The fourth-order valence-electron chi connectivity index (χ4n) is 2.75. The van der Waals surface area contributed by atoms with Crippen LogP contribution in [0.3, 0.4) is 0 Å². The van der Waals surface area contributed by atoms with Crippen LogP contribution in [0.25, 0.3) is 32.7 Å². The molecule has 0 amide bonds. The lowest BCUT2D eigenvalue weighted by molar-refractivity contribution is 0.456. The molecule has 0 radical (unpaired) electrons. The van der Waals surface area contributed by atoms with Crippen molar-refractivity contribution >= 4 is 40.4 Å². The van der Waals surface area contributed by atoms with Crippen molar-refractivity contribution < 1.29 is 14.1 Å². The lowest BCUT2D eigenvalue weighted by Gasteiger charge is -2.04. The van der Waals surface area contributed by atoms with Crippen LogP contribution in [0.15, 0.2) is 59.0 Å². The normalized spacial score (nSPS) is 11.2. The monoisotopic (exact) mass is 262 g/mol. The molecule has 0 aliphatic carbocycles. The first kappa shape index (κ1) is 11.4. The number of hydrogen-bond acceptors (Lipinski definition) is 3. The summed E-state index contributed by atoms with van der Waals surface area (Å²) in [5, 5.41) is 13.3. The first-order chi connectivity index (χ1) is 9.88. The van der Waals surface area contributed by atoms with Gasteiger partial charge in [0.1, 0.15) is 16.9 Å². The van der Waals surface area contributed by atoms with E-state index in [4.69, 9.17) is 14.1 Å². The minimum atomic E-state index is -0.351. The third-order valence-corrected chi connectivity index (χ3v) is 3.57. The maximum atomic E-state index is 9.05. The molecule has 1 aromatic heterocycles. The molecule has 20 heavy (non-hydrogen) atoms. The number of rotatable bonds is 2. The number of furan rings is 1. The molecule has 0 bridgehead atoms. The zero-order chi connectivity index (χ0) is 13.5. The van der Waals surface area contributed by atoms with Gasteiger partial charge in [-0.1, -0.05) is 36.4 Å². The molecule has 0 fully saturated rings. The highest BCUT2D eigenvalue weighted by Gasteiger charge is 2.14. The molecule has 4 aromatic rings. The molecule has 0 saturated heterocycles. The predicted octanol–water partition coefficient (Wildman–Crippen LogP) is 3.38. The minimum absolute atomic E-state index is 0.351. The van der Waals surface area contributed by atoms with Gasteiger partial charge in [-0.2, -0.15) is 0 Å². The van der Waals surface area contributed by atoms with Crippen molar-refractivity contribution in [3.8, 4) is 5.75 Å². The lowest BCUT2D eigenvalue weighted by Crippen LogP contribution is -1.99. The quantitative estimate of drug-likeness (QED) is 0.563. The fourth-order valence-corrected chi connectivity index (χ4v) is 2.75. The minimum Gasteiger partial charge on any atom is -0.538 e. The SMILES string of the molecule is OBOc1cccc2oc3ccc4ccccc4c3c12. The van der Waals surface area contributed by atoms with E-state index in [2.05, 4.69) is 12.1 Å². The predicted molar refractivity (Wildman–Crippen MR) is 81.2 cm³/mol. The summed E-state index contributed by atoms with van der Waals surface area (Å²) in [5.41, 5.74) is 1.59. The molecule has 0 saturated carbocycles. The Morgan fingerprint density at radius 2 is 1.70 bits per heavy atom. The summed E-state index contributed by atoms with van der Waals surface area (Å²) in [6.45, 7) is 0. The molecule has 4 heteroatoms. The Morgan fingerprint density at radius 3 is 2.60 bits per heavy atom. The van der Waals surface area contributed by atoms with Gasteiger partial charge >= 0.3 is 7.69 Å². The third kappa shape index (κ3) is 1.52. The average Bonchev–Trinajstić information content (AvgIpc) is 2.87. The molecular formula is C16H11BO3. The number of hydrogen-bond donors (Lipinski definition) is 1. The van der Waals surface area contributed by atoms with Crippen molar-refractivity contribution in [1.29, 1.82) is 0 Å². The Kier molecular flexibility index (Phi) is 2.44. The number of benzene rings is 3. The largest absolute Gasteiger partial charge is 0.538 e. The zero-order valence-corrected chi connectivity index (χ0v) is 10.7. The van der Waals surface area contributed by atoms with E-state index in [1.165, 1.54) is 0 Å². The van der Waals surface area contributed by atoms with Crippen LogP contribution in [-0.2, 0) is 0 Å². The lowest BCUT2D eigenvalue weighted by atomic mass is 10.0. The molecule has 0 unspecified atom stereocenters. The van der Waals surface area contributed by atoms with E-state index in [1.807, 2.05) is 42.5 Å². The van der Waals surface area contributed by atoms with Gasteiger partial charge in [0.05, 0.1) is 5.39 Å². The van der Waals surface area contributed by atoms with Gasteiger partial charge in [-0.3, -0.25) is 0 Å². The first-order valence-corrected chi connectivity index (χ1v) is 6.45. The van der Waals surface area contributed by atoms with Crippen molar-refractivity contribution in [2.45, 2.75) is 0 Å². The van der Waals surface area contributed by atoms with Crippen molar-refractivity contribution in [3.63, 3.8) is 0 Å². The van der Waals surface area contributed by atoms with Crippen LogP contribution in [0.5, 0.6) is 5.75 Å². The topological polar surface area (TPSA) is 42.6 Å². The molecule has 1 heterocycles. The van der Waals surface area contributed by atoms with Gasteiger partial charge in [-0.05, 0) is 29.0 Å². The van der Waals surface area contributed by atoms with Gasteiger partial charge in [0.25, 0.3) is 0 Å². The highest BCUT2D eigenvalue weighted by atomic mass is 16.5. The van der Waals surface area contributed by atoms with E-state index >= 15 is 0 Å². The maximum absolute atomic E-state index is 9.05. The van der Waals surface area contributed by atoms with Crippen molar-refractivity contribution in [3.05, 3.63) is 54.6 Å². The van der Waals surface area contributed by atoms with Crippen molar-refractivity contribution in [2.24, 2.45) is 0 Å². The van der Waals surface area contributed by atoms with Crippen LogP contribution in [0, 0.1) is 0 Å². The molecule has 0 spiro atoms. The molecule has 1 N–H and O–H groups in total. The van der Waals surface area contributed by atoms with E-state index in [0.29, 0.717) is 5.75 Å². The van der Waals surface area contributed by atoms with Gasteiger partial charge in [0.2, 0.25) is 0 Å². The molecule has 0 atom stereocenters. The first-order valence-electron chi connectivity index (χ1n) is 6.45. The maximum Gasteiger partial charge on any atom is 0.504 e. The van der Waals surface area contributed by atoms with Gasteiger partial charge < -0.3 is 14.1 Å². The van der Waals surface area contributed by atoms with Gasteiger partial charge in [0, 0.05) is 5.39 Å². The smallest absolute Gasteiger partial charge is 0.504 e. The summed E-state index contributed by atoms with van der Waals surface area (Å²) in [6.07, 6.45) is 0. The van der Waals surface area contributed by atoms with Crippen LogP contribution in [0.4, 0.5) is 0 Å². The van der Waals surface area contributed by atoms with Gasteiger partial charge in [-0.15, -0.1) is 0 Å². The van der Waals surface area contributed by atoms with E-state index in [0.717, 1.165) is 32.7 Å². The summed E-state index contributed by atoms with van der Waals surface area (Å²) >= 11 is 0. The van der Waals surface area contributed by atoms with Crippen LogP contribution in [-0.4, -0.2) is 12.7 Å². The summed E-state index contributed by atoms with van der Waals surface area (Å²) in [7, 11) is -0.351. The van der Waals surface area contributed by atoms with Crippen LogP contribution < -0.4 is 4.65 Å². The molecule has 3 aromatic carbocycles. The molecular weight excluding hydrogens is 251 g/mol. The highest BCUT2D eigenvalue weighted by Crippen LogP contribution is 2.39. The summed E-state index contributed by atoms with van der Waals surface area (Å²) in [5.74, 6) is 0.639. The molecule has 0 aliphatic rings. The Labute approximate surface area is 115 Å². The summed E-state index contributed by atoms with van der Waals surface area (Å²) < 4.78 is 11.2. The fraction of sp³-hybridized carbons (Fsp3) is 0. The summed E-state index contributed by atoms with van der Waals surface area (Å²) in [6, 6.07) is 17.8. The van der Waals surface area contributed by atoms with Crippen molar-refractivity contribution in [1.82, 2.24) is 0 Å². The van der Waals surface area contributed by atoms with E-state index in [1.54, 1.807) is 0 Å². The van der Waals surface area contributed by atoms with Crippen molar-refractivity contribution in [2.75, 3.05) is 0 Å². The van der Waals surface area contributed by atoms with E-state index < -0.39 is 0 Å². The Hall–Kier alpha value is -2.46. The third-order valence-electron chi connectivity index (χ3n) is 3.57. The Bertz CT molecular complexity index is 927. The molecule has 3 nitrogen and oxygen atoms in total. The standard InChI is InChI=1S/C16H11BO3/c18-17-20-14-7-3-6-12-16(14)15-11-5-2-1-4-10(11)8-9-13(15)19-12/h1-9,17-18H. The number of fused-ring (bicyclic) bond motifs is 5. The summed E-state index contributed by atoms with van der Waals surface area (Å²) in [4.78, 5) is 0. The van der Waals surface area contributed by atoms with E-state index in [9.17, 15) is 0 Å². The Balaban J connectivity index is 2.25. The van der Waals surface area contributed by atoms with Crippen LogP contribution >= 0.6 is 0 Å². The molecule has 0 aliphatic heterocycles. The second-order valence-corrected chi connectivity index (χ2v) is 4.66. The van der Waals surface area contributed by atoms with Crippen LogP contribution in [0.1, 0.15) is 0 Å². The average molecular weight is 262 g/mol. The van der Waals surface area contributed by atoms with E-state index in [-0.39, 0.29) is 7.69 Å².